The molecular formula is C20H23F6N3O. The second-order valence-corrected chi connectivity index (χ2v) is 8.09. The van der Waals surface area contributed by atoms with Crippen molar-refractivity contribution in [1.29, 1.82) is 5.26 Å². The molecule has 4 nitrogen and oxygen atoms in total. The number of hydrogen-bond donors (Lipinski definition) is 2. The summed E-state index contributed by atoms with van der Waals surface area (Å²) in [6.07, 6.45) is -6.13. The van der Waals surface area contributed by atoms with Crippen LogP contribution in [0.25, 0.3) is 0 Å². The number of carbonyl (C=O) groups excluding carboxylic acids is 1. The van der Waals surface area contributed by atoms with Gasteiger partial charge >= 0.3 is 6.18 Å². The highest BCUT2D eigenvalue weighted by atomic mass is 19.4. The van der Waals surface area contributed by atoms with Gasteiger partial charge in [0.2, 0.25) is 11.8 Å². The summed E-state index contributed by atoms with van der Waals surface area (Å²) in [5.74, 6) is -5.73. The van der Waals surface area contributed by atoms with Crippen LogP contribution in [0, 0.1) is 23.1 Å². The zero-order chi connectivity index (χ0) is 22.7. The molecule has 0 aliphatic heterocycles. The van der Waals surface area contributed by atoms with Crippen LogP contribution < -0.4 is 10.6 Å². The molecule has 0 heterocycles. The first-order valence-corrected chi connectivity index (χ1v) is 9.46. The van der Waals surface area contributed by atoms with Crippen molar-refractivity contribution in [2.45, 2.75) is 69.3 Å². The minimum absolute atomic E-state index is 0.297. The number of nitriles is 1. The van der Waals surface area contributed by atoms with Crippen LogP contribution in [0.15, 0.2) is 24.3 Å². The fraction of sp³-hybridized carbons (Fsp3) is 0.600. The molecule has 0 aromatic heterocycles. The van der Waals surface area contributed by atoms with Crippen LogP contribution in [-0.4, -0.2) is 29.6 Å². The van der Waals surface area contributed by atoms with E-state index in [1.165, 1.54) is 13.8 Å². The number of nitrogens with zero attached hydrogens (tertiary/aromatic N) is 1. The smallest absolute Gasteiger partial charge is 0.336 e. The Morgan fingerprint density at radius 1 is 1.13 bits per heavy atom. The second kappa shape index (κ2) is 8.84. The topological polar surface area (TPSA) is 64.9 Å². The zero-order valence-corrected chi connectivity index (χ0v) is 16.5. The molecule has 0 saturated heterocycles. The Morgan fingerprint density at radius 2 is 1.70 bits per heavy atom. The van der Waals surface area contributed by atoms with Crippen molar-refractivity contribution in [3.05, 3.63) is 35.6 Å². The standard InChI is InChI=1S/C20H23F6N3O/c1-12(2)9-19(22,23)10-15(17(30)29-18(11-27)7-8-18)28-16(20(24,25)26)13-3-5-14(21)6-4-13/h3-6,12,15-16,28H,7-10H2,1-2H3,(H,29,30). The van der Waals surface area contributed by atoms with Gasteiger partial charge in [-0.15, -0.1) is 0 Å². The normalized spacial score (nSPS) is 17.9. The van der Waals surface area contributed by atoms with Crippen LogP contribution in [0.4, 0.5) is 26.3 Å². The highest BCUT2D eigenvalue weighted by Crippen LogP contribution is 2.37. The van der Waals surface area contributed by atoms with Gasteiger partial charge in [-0.25, -0.2) is 13.2 Å². The molecule has 1 aliphatic rings. The van der Waals surface area contributed by atoms with E-state index in [1.54, 1.807) is 0 Å². The van der Waals surface area contributed by atoms with Gasteiger partial charge in [0.25, 0.3) is 0 Å². The van der Waals surface area contributed by atoms with E-state index in [9.17, 15) is 31.1 Å². The third-order valence-corrected chi connectivity index (χ3v) is 4.75. The molecule has 1 fully saturated rings. The number of halogens is 6. The van der Waals surface area contributed by atoms with Crippen molar-refractivity contribution < 1.29 is 31.1 Å². The third-order valence-electron chi connectivity index (χ3n) is 4.75. The van der Waals surface area contributed by atoms with Crippen LogP contribution in [-0.2, 0) is 4.79 Å². The molecule has 2 N–H and O–H groups in total. The van der Waals surface area contributed by atoms with Crippen molar-refractivity contribution in [3.8, 4) is 6.07 Å². The highest BCUT2D eigenvalue weighted by molar-refractivity contribution is 5.83. The molecule has 1 aromatic carbocycles. The van der Waals surface area contributed by atoms with Crippen molar-refractivity contribution >= 4 is 5.91 Å². The molecule has 1 amide bonds. The molecular weight excluding hydrogens is 412 g/mol. The molecule has 1 aromatic rings. The van der Waals surface area contributed by atoms with E-state index < -0.39 is 65.8 Å². The summed E-state index contributed by atoms with van der Waals surface area (Å²) in [4.78, 5) is 12.6. The molecule has 166 valence electrons. The molecule has 30 heavy (non-hydrogen) atoms. The quantitative estimate of drug-likeness (QED) is 0.556. The van der Waals surface area contributed by atoms with E-state index in [0.717, 1.165) is 24.3 Å². The van der Waals surface area contributed by atoms with Crippen molar-refractivity contribution in [2.75, 3.05) is 0 Å². The Labute approximate surface area is 170 Å². The largest absolute Gasteiger partial charge is 0.407 e. The molecule has 2 atom stereocenters. The Hall–Kier alpha value is -2.28. The van der Waals surface area contributed by atoms with Crippen LogP contribution >= 0.6 is 0 Å². The third kappa shape index (κ3) is 6.62. The van der Waals surface area contributed by atoms with Gasteiger partial charge in [-0.1, -0.05) is 26.0 Å². The molecule has 1 aliphatic carbocycles. The predicted molar refractivity (Wildman–Crippen MR) is 96.9 cm³/mol. The van der Waals surface area contributed by atoms with Gasteiger partial charge in [-0.3, -0.25) is 10.1 Å². The van der Waals surface area contributed by atoms with Crippen molar-refractivity contribution in [1.82, 2.24) is 10.6 Å². The Kier molecular flexibility index (Phi) is 7.07. The number of amides is 1. The van der Waals surface area contributed by atoms with Gasteiger partial charge in [0, 0.05) is 12.8 Å². The number of rotatable bonds is 9. The number of nitrogens with one attached hydrogen (secondary N) is 2. The van der Waals surface area contributed by atoms with Gasteiger partial charge in [-0.2, -0.15) is 18.4 Å². The summed E-state index contributed by atoms with van der Waals surface area (Å²) in [6, 6.07) is 0.831. The maximum atomic E-state index is 14.4. The monoisotopic (exact) mass is 435 g/mol. The fourth-order valence-corrected chi connectivity index (χ4v) is 3.16. The van der Waals surface area contributed by atoms with Gasteiger partial charge < -0.3 is 5.32 Å². The SMILES string of the molecule is CC(C)CC(F)(F)CC(NC(c1ccc(F)cc1)C(F)(F)F)C(=O)NC1(C#N)CC1. The molecule has 0 spiro atoms. The molecule has 2 unspecified atom stereocenters. The van der Waals surface area contributed by atoms with Crippen LogP contribution in [0.1, 0.15) is 51.1 Å². The lowest BCUT2D eigenvalue weighted by Gasteiger charge is -2.30. The average molecular weight is 435 g/mol. The summed E-state index contributed by atoms with van der Waals surface area (Å²) in [5.41, 5.74) is -1.65. The van der Waals surface area contributed by atoms with Gasteiger partial charge in [0.1, 0.15) is 17.4 Å². The van der Waals surface area contributed by atoms with E-state index in [2.05, 4.69) is 5.32 Å². The predicted octanol–water partition coefficient (Wildman–Crippen LogP) is 4.63. The minimum atomic E-state index is -4.93. The van der Waals surface area contributed by atoms with E-state index in [1.807, 2.05) is 11.4 Å². The van der Waals surface area contributed by atoms with Gasteiger partial charge in [-0.05, 0) is 36.5 Å². The molecule has 0 radical (unpaired) electrons. The summed E-state index contributed by atoms with van der Waals surface area (Å²) in [5, 5.41) is 13.4. The average Bonchev–Trinajstić information content (AvgIpc) is 3.37. The van der Waals surface area contributed by atoms with Crippen LogP contribution in [0.2, 0.25) is 0 Å². The van der Waals surface area contributed by atoms with E-state index >= 15 is 0 Å². The summed E-state index contributed by atoms with van der Waals surface area (Å²) >= 11 is 0. The Morgan fingerprint density at radius 3 is 2.13 bits per heavy atom. The fourth-order valence-electron chi connectivity index (χ4n) is 3.16. The minimum Gasteiger partial charge on any atom is -0.336 e. The maximum Gasteiger partial charge on any atom is 0.407 e. The molecule has 0 bridgehead atoms. The Bertz CT molecular complexity index is 781. The summed E-state index contributed by atoms with van der Waals surface area (Å²) in [6.45, 7) is 3.06. The molecule has 10 heteroatoms. The summed E-state index contributed by atoms with van der Waals surface area (Å²) < 4.78 is 82.9. The number of benzene rings is 1. The van der Waals surface area contributed by atoms with Crippen LogP contribution in [0.5, 0.6) is 0 Å². The van der Waals surface area contributed by atoms with Gasteiger partial charge in [0.15, 0.2) is 0 Å². The first-order valence-electron chi connectivity index (χ1n) is 9.46. The molecule has 2 rings (SSSR count). The first kappa shape index (κ1) is 24.0. The number of hydrogen-bond acceptors (Lipinski definition) is 3. The zero-order valence-electron chi connectivity index (χ0n) is 16.5. The van der Waals surface area contributed by atoms with Crippen LogP contribution in [0.3, 0.4) is 0 Å². The highest BCUT2D eigenvalue weighted by Gasteiger charge is 2.49. The first-order chi connectivity index (χ1) is 13.8. The number of carbonyl (C=O) groups is 1. The van der Waals surface area contributed by atoms with E-state index in [0.29, 0.717) is 12.8 Å². The lowest BCUT2D eigenvalue weighted by molar-refractivity contribution is -0.163. The Balaban J connectivity index is 2.31. The van der Waals surface area contributed by atoms with Crippen molar-refractivity contribution in [3.63, 3.8) is 0 Å². The van der Waals surface area contributed by atoms with Crippen molar-refractivity contribution in [2.24, 2.45) is 5.92 Å². The van der Waals surface area contributed by atoms with E-state index in [-0.39, 0.29) is 0 Å². The maximum absolute atomic E-state index is 14.4. The molecule has 1 saturated carbocycles. The lowest BCUT2D eigenvalue weighted by Crippen LogP contribution is -2.53. The number of alkyl halides is 5. The van der Waals surface area contributed by atoms with Gasteiger partial charge in [0.05, 0.1) is 12.1 Å². The van der Waals surface area contributed by atoms with E-state index in [4.69, 9.17) is 5.26 Å². The summed E-state index contributed by atoms with van der Waals surface area (Å²) in [7, 11) is 0. The second-order valence-electron chi connectivity index (χ2n) is 8.09. The lowest BCUT2D eigenvalue weighted by atomic mass is 9.96.